The minimum atomic E-state index is -0.103. The molecule has 0 bridgehead atoms. The van der Waals surface area contributed by atoms with Crippen molar-refractivity contribution >= 4 is 0 Å². The summed E-state index contributed by atoms with van der Waals surface area (Å²) in [5.41, 5.74) is 0.893. The van der Waals surface area contributed by atoms with Gasteiger partial charge in [-0.2, -0.15) is 0 Å². The molecule has 0 amide bonds. The normalized spacial score (nSPS) is 15.6. The summed E-state index contributed by atoms with van der Waals surface area (Å²) in [7, 11) is 0. The highest BCUT2D eigenvalue weighted by atomic mass is 16.5. The van der Waals surface area contributed by atoms with E-state index < -0.39 is 0 Å². The maximum atomic E-state index is 8.62. The highest BCUT2D eigenvalue weighted by molar-refractivity contribution is 5.39. The Balaban J connectivity index is 2.03. The third-order valence-electron chi connectivity index (χ3n) is 2.75. The number of ether oxygens (including phenoxy) is 1. The van der Waals surface area contributed by atoms with Crippen molar-refractivity contribution in [1.82, 2.24) is 0 Å². The molecule has 1 N–H and O–H groups in total. The average molecular weight is 216 g/mol. The van der Waals surface area contributed by atoms with Crippen LogP contribution in [-0.4, -0.2) is 17.8 Å². The Bertz CT molecular complexity index is 395. The molecular weight excluding hydrogens is 200 g/mol. The van der Waals surface area contributed by atoms with Crippen LogP contribution in [0.4, 0.5) is 0 Å². The molecule has 2 nitrogen and oxygen atoms in total. The Morgan fingerprint density at radius 1 is 1.31 bits per heavy atom. The van der Waals surface area contributed by atoms with Crippen molar-refractivity contribution in [3.63, 3.8) is 0 Å². The SMILES string of the molecule is OCC#Cc1cccc(OC2CCCC2)c1. The van der Waals surface area contributed by atoms with Gasteiger partial charge in [-0.05, 0) is 43.9 Å². The molecule has 1 aromatic rings. The summed E-state index contributed by atoms with van der Waals surface area (Å²) >= 11 is 0. The van der Waals surface area contributed by atoms with Gasteiger partial charge >= 0.3 is 0 Å². The molecule has 2 heteroatoms. The second-order valence-electron chi connectivity index (χ2n) is 4.01. The first kappa shape index (κ1) is 11.0. The summed E-state index contributed by atoms with van der Waals surface area (Å²) in [5.74, 6) is 6.40. The lowest BCUT2D eigenvalue weighted by Crippen LogP contribution is -2.10. The van der Waals surface area contributed by atoms with Gasteiger partial charge in [-0.3, -0.25) is 0 Å². The molecule has 1 saturated carbocycles. The molecule has 16 heavy (non-hydrogen) atoms. The predicted octanol–water partition coefficient (Wildman–Crippen LogP) is 2.35. The lowest BCUT2D eigenvalue weighted by atomic mass is 10.2. The van der Waals surface area contributed by atoms with Crippen LogP contribution in [0.1, 0.15) is 31.2 Å². The summed E-state index contributed by atoms with van der Waals surface area (Å²) in [6.45, 7) is -0.103. The van der Waals surface area contributed by atoms with Gasteiger partial charge in [0.05, 0.1) is 6.10 Å². The van der Waals surface area contributed by atoms with E-state index in [0.717, 1.165) is 24.2 Å². The van der Waals surface area contributed by atoms with E-state index in [1.165, 1.54) is 12.8 Å². The third kappa shape index (κ3) is 3.01. The smallest absolute Gasteiger partial charge is 0.120 e. The quantitative estimate of drug-likeness (QED) is 0.769. The number of aliphatic hydroxyl groups is 1. The second kappa shape index (κ2) is 5.58. The van der Waals surface area contributed by atoms with Crippen molar-refractivity contribution in [2.45, 2.75) is 31.8 Å². The zero-order valence-corrected chi connectivity index (χ0v) is 9.28. The zero-order valence-electron chi connectivity index (χ0n) is 9.28. The molecule has 1 aromatic carbocycles. The van der Waals surface area contributed by atoms with Gasteiger partial charge in [-0.25, -0.2) is 0 Å². The number of benzene rings is 1. The summed E-state index contributed by atoms with van der Waals surface area (Å²) in [6, 6.07) is 7.75. The van der Waals surface area contributed by atoms with Crippen molar-refractivity contribution in [3.8, 4) is 17.6 Å². The van der Waals surface area contributed by atoms with Crippen LogP contribution >= 0.6 is 0 Å². The monoisotopic (exact) mass is 216 g/mol. The molecule has 0 radical (unpaired) electrons. The number of aliphatic hydroxyl groups excluding tert-OH is 1. The highest BCUT2D eigenvalue weighted by Crippen LogP contribution is 2.24. The van der Waals surface area contributed by atoms with E-state index >= 15 is 0 Å². The van der Waals surface area contributed by atoms with Crippen molar-refractivity contribution in [3.05, 3.63) is 29.8 Å². The van der Waals surface area contributed by atoms with Crippen LogP contribution in [-0.2, 0) is 0 Å². The minimum absolute atomic E-state index is 0.103. The van der Waals surface area contributed by atoms with Gasteiger partial charge in [0.2, 0.25) is 0 Å². The number of hydrogen-bond donors (Lipinski definition) is 1. The molecule has 0 aliphatic heterocycles. The maximum absolute atomic E-state index is 8.62. The number of hydrogen-bond acceptors (Lipinski definition) is 2. The summed E-state index contributed by atoms with van der Waals surface area (Å²) in [5, 5.41) is 8.62. The first-order valence-electron chi connectivity index (χ1n) is 5.75. The van der Waals surface area contributed by atoms with Gasteiger partial charge in [-0.1, -0.05) is 17.9 Å². The molecule has 1 aliphatic carbocycles. The lowest BCUT2D eigenvalue weighted by molar-refractivity contribution is 0.210. The molecule has 0 unspecified atom stereocenters. The van der Waals surface area contributed by atoms with Crippen LogP contribution in [0, 0.1) is 11.8 Å². The fourth-order valence-corrected chi connectivity index (χ4v) is 1.99. The lowest BCUT2D eigenvalue weighted by Gasteiger charge is -2.12. The standard InChI is InChI=1S/C14H16O2/c15-10-4-6-12-5-3-9-14(11-12)16-13-7-1-2-8-13/h3,5,9,11,13,15H,1-2,7-8,10H2. The van der Waals surface area contributed by atoms with Gasteiger partial charge in [0, 0.05) is 5.56 Å². The summed E-state index contributed by atoms with van der Waals surface area (Å²) < 4.78 is 5.87. The fourth-order valence-electron chi connectivity index (χ4n) is 1.99. The highest BCUT2D eigenvalue weighted by Gasteiger charge is 2.16. The van der Waals surface area contributed by atoms with Crippen molar-refractivity contribution in [2.75, 3.05) is 6.61 Å². The van der Waals surface area contributed by atoms with Gasteiger partial charge in [-0.15, -0.1) is 0 Å². The Kier molecular flexibility index (Phi) is 3.85. The Labute approximate surface area is 96.3 Å². The van der Waals surface area contributed by atoms with E-state index in [-0.39, 0.29) is 6.61 Å². The van der Waals surface area contributed by atoms with Crippen molar-refractivity contribution < 1.29 is 9.84 Å². The Hall–Kier alpha value is -1.46. The van der Waals surface area contributed by atoms with E-state index in [2.05, 4.69) is 11.8 Å². The Morgan fingerprint density at radius 3 is 2.88 bits per heavy atom. The molecule has 1 aliphatic rings. The average Bonchev–Trinajstić information content (AvgIpc) is 2.80. The van der Waals surface area contributed by atoms with Gasteiger partial charge < -0.3 is 9.84 Å². The van der Waals surface area contributed by atoms with Crippen LogP contribution < -0.4 is 4.74 Å². The zero-order chi connectivity index (χ0) is 11.2. The molecule has 0 saturated heterocycles. The van der Waals surface area contributed by atoms with Crippen LogP contribution in [0.15, 0.2) is 24.3 Å². The molecule has 2 rings (SSSR count). The van der Waals surface area contributed by atoms with E-state index in [9.17, 15) is 0 Å². The first-order chi connectivity index (χ1) is 7.88. The molecular formula is C14H16O2. The summed E-state index contributed by atoms with van der Waals surface area (Å²) in [6.07, 6.45) is 5.24. The minimum Gasteiger partial charge on any atom is -0.490 e. The van der Waals surface area contributed by atoms with E-state index in [1.807, 2.05) is 24.3 Å². The molecule has 0 heterocycles. The van der Waals surface area contributed by atoms with Gasteiger partial charge in [0.25, 0.3) is 0 Å². The molecule has 84 valence electrons. The maximum Gasteiger partial charge on any atom is 0.120 e. The van der Waals surface area contributed by atoms with Crippen LogP contribution in [0.3, 0.4) is 0 Å². The topological polar surface area (TPSA) is 29.5 Å². The largest absolute Gasteiger partial charge is 0.490 e. The van der Waals surface area contributed by atoms with E-state index in [0.29, 0.717) is 6.10 Å². The van der Waals surface area contributed by atoms with Crippen molar-refractivity contribution in [1.29, 1.82) is 0 Å². The van der Waals surface area contributed by atoms with Gasteiger partial charge in [0.1, 0.15) is 12.4 Å². The molecule has 0 aromatic heterocycles. The second-order valence-corrected chi connectivity index (χ2v) is 4.01. The molecule has 0 atom stereocenters. The van der Waals surface area contributed by atoms with Crippen LogP contribution in [0.2, 0.25) is 0 Å². The van der Waals surface area contributed by atoms with Crippen LogP contribution in [0.25, 0.3) is 0 Å². The molecule has 1 fully saturated rings. The summed E-state index contributed by atoms with van der Waals surface area (Å²) in [4.78, 5) is 0. The van der Waals surface area contributed by atoms with Crippen molar-refractivity contribution in [2.24, 2.45) is 0 Å². The Morgan fingerprint density at radius 2 is 2.12 bits per heavy atom. The van der Waals surface area contributed by atoms with E-state index in [4.69, 9.17) is 9.84 Å². The van der Waals surface area contributed by atoms with Crippen LogP contribution in [0.5, 0.6) is 5.75 Å². The third-order valence-corrected chi connectivity index (χ3v) is 2.75. The predicted molar refractivity (Wildman–Crippen MR) is 63.3 cm³/mol. The van der Waals surface area contributed by atoms with Gasteiger partial charge in [0.15, 0.2) is 0 Å². The fraction of sp³-hybridized carbons (Fsp3) is 0.429. The first-order valence-corrected chi connectivity index (χ1v) is 5.75. The number of rotatable bonds is 2. The molecule has 0 spiro atoms. The van der Waals surface area contributed by atoms with E-state index in [1.54, 1.807) is 0 Å².